The van der Waals surface area contributed by atoms with Gasteiger partial charge in [-0.3, -0.25) is 25.2 Å². The molecule has 4 aliphatic rings. The smallest absolute Gasteiger partial charge is 0.276 e. The maximum atomic E-state index is 13.4. The molecule has 4 fully saturated rings. The number of carbonyl (C=O) groups is 3. The molecule has 1 aromatic carbocycles. The third kappa shape index (κ3) is 4.57. The Morgan fingerprint density at radius 1 is 0.967 bits per heavy atom. The van der Waals surface area contributed by atoms with Crippen LogP contribution >= 0.6 is 0 Å². The van der Waals surface area contributed by atoms with Gasteiger partial charge in [0.05, 0.1) is 0 Å². The SMILES string of the molecule is O=C(CCNC(=O)C12CC3CC(CC(C3)C1)C2)NNC(=O)COc1ccccc1F. The molecular formula is C22H28FN3O4. The van der Waals surface area contributed by atoms with E-state index in [1.165, 1.54) is 37.5 Å². The highest BCUT2D eigenvalue weighted by Gasteiger charge is 2.54. The fraction of sp³-hybridized carbons (Fsp3) is 0.591. The van der Waals surface area contributed by atoms with E-state index in [1.807, 2.05) is 0 Å². The van der Waals surface area contributed by atoms with Crippen LogP contribution in [0.4, 0.5) is 4.39 Å². The molecule has 162 valence electrons. The predicted octanol–water partition coefficient (Wildman–Crippen LogP) is 2.07. The van der Waals surface area contributed by atoms with Gasteiger partial charge in [-0.2, -0.15) is 0 Å². The topological polar surface area (TPSA) is 96.5 Å². The van der Waals surface area contributed by atoms with E-state index in [0.717, 1.165) is 19.3 Å². The van der Waals surface area contributed by atoms with Gasteiger partial charge in [0.15, 0.2) is 18.2 Å². The Morgan fingerprint density at radius 2 is 1.57 bits per heavy atom. The molecule has 4 aliphatic carbocycles. The molecule has 0 spiro atoms. The molecular weight excluding hydrogens is 389 g/mol. The third-order valence-electron chi connectivity index (χ3n) is 6.69. The minimum atomic E-state index is -0.607. The lowest BCUT2D eigenvalue weighted by Crippen LogP contribution is -2.54. The van der Waals surface area contributed by atoms with E-state index in [4.69, 9.17) is 4.74 Å². The third-order valence-corrected chi connectivity index (χ3v) is 6.69. The molecule has 0 unspecified atom stereocenters. The van der Waals surface area contributed by atoms with E-state index in [1.54, 1.807) is 6.07 Å². The van der Waals surface area contributed by atoms with Crippen LogP contribution in [0.3, 0.4) is 0 Å². The molecule has 1 aromatic rings. The summed E-state index contributed by atoms with van der Waals surface area (Å²) >= 11 is 0. The Hall–Kier alpha value is -2.64. The molecule has 3 amide bonds. The summed E-state index contributed by atoms with van der Waals surface area (Å²) in [6, 6.07) is 5.75. The summed E-state index contributed by atoms with van der Waals surface area (Å²) in [7, 11) is 0. The van der Waals surface area contributed by atoms with Crippen molar-refractivity contribution in [2.45, 2.75) is 44.9 Å². The Labute approximate surface area is 175 Å². The van der Waals surface area contributed by atoms with Crippen LogP contribution in [0.2, 0.25) is 0 Å². The number of benzene rings is 1. The number of hydrazine groups is 1. The lowest BCUT2D eigenvalue weighted by atomic mass is 9.49. The predicted molar refractivity (Wildman–Crippen MR) is 106 cm³/mol. The number of ether oxygens (including phenoxy) is 1. The monoisotopic (exact) mass is 417 g/mol. The largest absolute Gasteiger partial charge is 0.481 e. The summed E-state index contributed by atoms with van der Waals surface area (Å²) in [5.74, 6) is 0.516. The van der Waals surface area contributed by atoms with E-state index in [0.29, 0.717) is 17.8 Å². The summed E-state index contributed by atoms with van der Waals surface area (Å²) < 4.78 is 18.5. The minimum Gasteiger partial charge on any atom is -0.481 e. The highest BCUT2D eigenvalue weighted by atomic mass is 19.1. The second-order valence-electron chi connectivity index (χ2n) is 9.02. The molecule has 0 heterocycles. The first-order chi connectivity index (χ1) is 14.4. The quantitative estimate of drug-likeness (QED) is 0.592. The average molecular weight is 417 g/mol. The summed E-state index contributed by atoms with van der Waals surface area (Å²) in [5.41, 5.74) is 4.27. The second kappa shape index (κ2) is 8.62. The molecule has 0 aliphatic heterocycles. The summed E-state index contributed by atoms with van der Waals surface area (Å²) in [5, 5.41) is 2.93. The van der Waals surface area contributed by atoms with Gasteiger partial charge in [-0.05, 0) is 68.4 Å². The van der Waals surface area contributed by atoms with Gasteiger partial charge in [0.2, 0.25) is 11.8 Å². The summed E-state index contributed by atoms with van der Waals surface area (Å²) in [6.07, 6.45) is 6.83. The zero-order valence-electron chi connectivity index (χ0n) is 16.9. The molecule has 5 rings (SSSR count). The fourth-order valence-corrected chi connectivity index (χ4v) is 5.81. The van der Waals surface area contributed by atoms with Crippen LogP contribution in [0.15, 0.2) is 24.3 Å². The molecule has 0 saturated heterocycles. The van der Waals surface area contributed by atoms with Crippen molar-refractivity contribution in [1.82, 2.24) is 16.2 Å². The minimum absolute atomic E-state index is 0.0358. The van der Waals surface area contributed by atoms with Crippen molar-refractivity contribution >= 4 is 17.7 Å². The van der Waals surface area contributed by atoms with Crippen molar-refractivity contribution in [3.05, 3.63) is 30.1 Å². The molecule has 4 bridgehead atoms. The lowest BCUT2D eigenvalue weighted by molar-refractivity contribution is -0.146. The molecule has 4 saturated carbocycles. The highest BCUT2D eigenvalue weighted by Crippen LogP contribution is 2.60. The Kier molecular flexibility index (Phi) is 5.92. The Bertz CT molecular complexity index is 793. The zero-order chi connectivity index (χ0) is 21.1. The molecule has 0 aromatic heterocycles. The summed E-state index contributed by atoms with van der Waals surface area (Å²) in [4.78, 5) is 36.5. The maximum absolute atomic E-state index is 13.4. The van der Waals surface area contributed by atoms with Crippen LogP contribution in [-0.4, -0.2) is 30.9 Å². The lowest BCUT2D eigenvalue weighted by Gasteiger charge is -2.55. The van der Waals surface area contributed by atoms with Crippen molar-refractivity contribution in [1.29, 1.82) is 0 Å². The van der Waals surface area contributed by atoms with E-state index < -0.39 is 24.2 Å². The van der Waals surface area contributed by atoms with Gasteiger partial charge in [-0.1, -0.05) is 12.1 Å². The van der Waals surface area contributed by atoms with Gasteiger partial charge in [0.1, 0.15) is 0 Å². The standard InChI is InChI=1S/C22H28FN3O4/c23-17-3-1-2-4-18(17)30-13-20(28)26-25-19(27)5-6-24-21(29)22-10-14-7-15(11-22)9-16(8-14)12-22/h1-4,14-16H,5-13H2,(H,24,29)(H,25,27)(H,26,28). The molecule has 0 radical (unpaired) electrons. The molecule has 3 N–H and O–H groups in total. The average Bonchev–Trinajstić information content (AvgIpc) is 2.70. The first-order valence-electron chi connectivity index (χ1n) is 10.7. The van der Waals surface area contributed by atoms with Crippen molar-refractivity contribution < 1.29 is 23.5 Å². The van der Waals surface area contributed by atoms with E-state index in [9.17, 15) is 18.8 Å². The molecule has 30 heavy (non-hydrogen) atoms. The fourth-order valence-electron chi connectivity index (χ4n) is 5.81. The van der Waals surface area contributed by atoms with Crippen molar-refractivity contribution in [2.24, 2.45) is 23.2 Å². The van der Waals surface area contributed by atoms with Crippen LogP contribution in [0.5, 0.6) is 5.75 Å². The number of amides is 3. The number of carbonyl (C=O) groups excluding carboxylic acids is 3. The zero-order valence-corrected chi connectivity index (χ0v) is 16.9. The molecule has 0 atom stereocenters. The van der Waals surface area contributed by atoms with Gasteiger partial charge < -0.3 is 10.1 Å². The van der Waals surface area contributed by atoms with Gasteiger partial charge in [0, 0.05) is 18.4 Å². The van der Waals surface area contributed by atoms with Gasteiger partial charge in [-0.25, -0.2) is 4.39 Å². The number of rotatable bonds is 7. The number of halogens is 1. The number of hydrogen-bond acceptors (Lipinski definition) is 4. The van der Waals surface area contributed by atoms with Gasteiger partial charge in [-0.15, -0.1) is 0 Å². The normalized spacial score (nSPS) is 28.6. The van der Waals surface area contributed by atoms with Crippen molar-refractivity contribution in [3.8, 4) is 5.75 Å². The number of nitrogens with one attached hydrogen (secondary N) is 3. The maximum Gasteiger partial charge on any atom is 0.276 e. The Morgan fingerprint density at radius 3 is 2.20 bits per heavy atom. The number of para-hydroxylation sites is 1. The van der Waals surface area contributed by atoms with E-state index in [2.05, 4.69) is 16.2 Å². The van der Waals surface area contributed by atoms with Gasteiger partial charge >= 0.3 is 0 Å². The first-order valence-corrected chi connectivity index (χ1v) is 10.7. The van der Waals surface area contributed by atoms with Crippen molar-refractivity contribution in [2.75, 3.05) is 13.2 Å². The van der Waals surface area contributed by atoms with E-state index in [-0.39, 0.29) is 30.0 Å². The van der Waals surface area contributed by atoms with Crippen LogP contribution in [-0.2, 0) is 14.4 Å². The van der Waals surface area contributed by atoms with Crippen molar-refractivity contribution in [3.63, 3.8) is 0 Å². The molecule has 7 nitrogen and oxygen atoms in total. The van der Waals surface area contributed by atoms with Crippen LogP contribution < -0.4 is 20.9 Å². The number of hydrogen-bond donors (Lipinski definition) is 3. The summed E-state index contributed by atoms with van der Waals surface area (Å²) in [6.45, 7) is -0.196. The van der Waals surface area contributed by atoms with E-state index >= 15 is 0 Å². The second-order valence-corrected chi connectivity index (χ2v) is 9.02. The highest BCUT2D eigenvalue weighted by molar-refractivity contribution is 5.85. The first kappa shape index (κ1) is 20.6. The Balaban J connectivity index is 1.14. The van der Waals surface area contributed by atoms with Crippen LogP contribution in [0.25, 0.3) is 0 Å². The molecule has 8 heteroatoms. The van der Waals surface area contributed by atoms with Crippen LogP contribution in [0, 0.1) is 29.0 Å². The van der Waals surface area contributed by atoms with Gasteiger partial charge in [0.25, 0.3) is 5.91 Å². The van der Waals surface area contributed by atoms with Crippen LogP contribution in [0.1, 0.15) is 44.9 Å².